The first-order valence-corrected chi connectivity index (χ1v) is 13.4. The lowest BCUT2D eigenvalue weighted by atomic mass is 9.72. The van der Waals surface area contributed by atoms with Gasteiger partial charge in [-0.3, -0.25) is 0 Å². The molecule has 29 heavy (non-hydrogen) atoms. The van der Waals surface area contributed by atoms with Gasteiger partial charge in [0.15, 0.2) is 0 Å². The summed E-state index contributed by atoms with van der Waals surface area (Å²) in [6.45, 7) is 19.4. The molecule has 0 nitrogen and oxygen atoms in total. The van der Waals surface area contributed by atoms with E-state index in [0.717, 1.165) is 46.8 Å². The molecule has 0 aromatic heterocycles. The zero-order chi connectivity index (χ0) is 21.6. The number of rotatable bonds is 15. The molecule has 2 fully saturated rings. The van der Waals surface area contributed by atoms with E-state index in [-0.39, 0.29) is 0 Å². The highest BCUT2D eigenvalue weighted by Gasteiger charge is 2.54. The first-order valence-electron chi connectivity index (χ1n) is 13.4. The maximum absolute atomic E-state index is 2.62. The van der Waals surface area contributed by atoms with E-state index in [9.17, 15) is 0 Å². The molecule has 0 saturated heterocycles. The van der Waals surface area contributed by atoms with E-state index < -0.39 is 0 Å². The summed E-state index contributed by atoms with van der Waals surface area (Å²) in [5.74, 6) is 6.60. The summed E-state index contributed by atoms with van der Waals surface area (Å²) < 4.78 is 0. The average Bonchev–Trinajstić information content (AvgIpc) is 3.62. The Hall–Kier alpha value is -0.260. The number of hydrogen-bond acceptors (Lipinski definition) is 0. The lowest BCUT2D eigenvalue weighted by Crippen LogP contribution is -2.24. The maximum atomic E-state index is 2.62. The number of hydrogen-bond donors (Lipinski definition) is 0. The standard InChI is InChI=1S/C29H54/c1-9-22(6)13-15-26(18-23(7)12-14-24(8)21(4)5)28(25-16-17-25)20-29(11-3)19-27(29)10-2/h13,21,23-28H,9-12,14-20H2,1-8H3. The van der Waals surface area contributed by atoms with E-state index in [2.05, 4.69) is 61.5 Å². The van der Waals surface area contributed by atoms with Crippen molar-refractivity contribution in [3.05, 3.63) is 11.6 Å². The molecule has 170 valence electrons. The van der Waals surface area contributed by atoms with Gasteiger partial charge in [0.05, 0.1) is 0 Å². The molecular weight excluding hydrogens is 348 g/mol. The van der Waals surface area contributed by atoms with Gasteiger partial charge in [-0.05, 0) is 98.7 Å². The van der Waals surface area contributed by atoms with Gasteiger partial charge in [-0.2, -0.15) is 0 Å². The SMILES string of the molecule is CCC(C)=CCC(CC(C)CCC(C)C(C)C)C(CC1(CC)CC1CC)C1CC1. The molecule has 0 aromatic carbocycles. The predicted octanol–water partition coefficient (Wildman–Crippen LogP) is 9.69. The highest BCUT2D eigenvalue weighted by atomic mass is 14.6. The molecule has 2 saturated carbocycles. The molecule has 0 aromatic rings. The summed E-state index contributed by atoms with van der Waals surface area (Å²) in [4.78, 5) is 0. The second-order valence-corrected chi connectivity index (χ2v) is 11.8. The van der Waals surface area contributed by atoms with Crippen LogP contribution in [0.4, 0.5) is 0 Å². The van der Waals surface area contributed by atoms with Crippen LogP contribution in [0.25, 0.3) is 0 Å². The van der Waals surface area contributed by atoms with Crippen LogP contribution in [0.5, 0.6) is 0 Å². The van der Waals surface area contributed by atoms with Gasteiger partial charge in [0.1, 0.15) is 0 Å². The van der Waals surface area contributed by atoms with Crippen molar-refractivity contribution in [2.75, 3.05) is 0 Å². The monoisotopic (exact) mass is 402 g/mol. The highest BCUT2D eigenvalue weighted by molar-refractivity contribution is 5.05. The van der Waals surface area contributed by atoms with Crippen LogP contribution in [0.2, 0.25) is 0 Å². The largest absolute Gasteiger partial charge is 0.0853 e. The molecule has 0 heteroatoms. The van der Waals surface area contributed by atoms with Crippen molar-refractivity contribution < 1.29 is 0 Å². The van der Waals surface area contributed by atoms with Crippen LogP contribution in [0.3, 0.4) is 0 Å². The third kappa shape index (κ3) is 7.43. The summed E-state index contributed by atoms with van der Waals surface area (Å²) in [5, 5.41) is 0. The average molecular weight is 403 g/mol. The van der Waals surface area contributed by atoms with Gasteiger partial charge in [-0.15, -0.1) is 0 Å². The summed E-state index contributed by atoms with van der Waals surface area (Å²) >= 11 is 0. The Kier molecular flexibility index (Phi) is 9.82. The zero-order valence-electron chi connectivity index (χ0n) is 21.4. The van der Waals surface area contributed by atoms with E-state index in [1.807, 2.05) is 0 Å². The molecule has 6 unspecified atom stereocenters. The highest BCUT2D eigenvalue weighted by Crippen LogP contribution is 2.63. The van der Waals surface area contributed by atoms with Crippen LogP contribution >= 0.6 is 0 Å². The minimum atomic E-state index is 0.721. The molecule has 0 aliphatic heterocycles. The Morgan fingerprint density at radius 2 is 1.72 bits per heavy atom. The summed E-state index contributed by atoms with van der Waals surface area (Å²) in [7, 11) is 0. The van der Waals surface area contributed by atoms with Crippen molar-refractivity contribution in [1.82, 2.24) is 0 Å². The fourth-order valence-electron chi connectivity index (χ4n) is 6.01. The maximum Gasteiger partial charge on any atom is -0.0266 e. The molecule has 0 radical (unpaired) electrons. The molecule has 6 atom stereocenters. The third-order valence-electron chi connectivity index (χ3n) is 9.32. The van der Waals surface area contributed by atoms with Crippen molar-refractivity contribution in [2.24, 2.45) is 46.8 Å². The van der Waals surface area contributed by atoms with Crippen molar-refractivity contribution in [1.29, 1.82) is 0 Å². The lowest BCUT2D eigenvalue weighted by Gasteiger charge is -2.33. The fraction of sp³-hybridized carbons (Fsp3) is 0.931. The molecule has 0 spiro atoms. The van der Waals surface area contributed by atoms with Gasteiger partial charge < -0.3 is 0 Å². The quantitative estimate of drug-likeness (QED) is 0.239. The molecular formula is C29H54. The molecule has 2 aliphatic rings. The van der Waals surface area contributed by atoms with Crippen LogP contribution in [0, 0.1) is 46.8 Å². The van der Waals surface area contributed by atoms with Gasteiger partial charge in [0.2, 0.25) is 0 Å². The molecule has 2 aliphatic carbocycles. The Balaban J connectivity index is 2.06. The van der Waals surface area contributed by atoms with Crippen molar-refractivity contribution in [3.8, 4) is 0 Å². The van der Waals surface area contributed by atoms with E-state index in [1.54, 1.807) is 12.0 Å². The topological polar surface area (TPSA) is 0 Å². The zero-order valence-corrected chi connectivity index (χ0v) is 21.4. The second kappa shape index (κ2) is 11.4. The van der Waals surface area contributed by atoms with Crippen LogP contribution in [-0.2, 0) is 0 Å². The minimum absolute atomic E-state index is 0.721. The first-order chi connectivity index (χ1) is 13.8. The van der Waals surface area contributed by atoms with Crippen LogP contribution in [-0.4, -0.2) is 0 Å². The smallest absolute Gasteiger partial charge is 0.0266 e. The van der Waals surface area contributed by atoms with Gasteiger partial charge in [-0.1, -0.05) is 85.8 Å². The van der Waals surface area contributed by atoms with Crippen molar-refractivity contribution in [2.45, 2.75) is 126 Å². The van der Waals surface area contributed by atoms with Crippen LogP contribution in [0.15, 0.2) is 11.6 Å². The Bertz CT molecular complexity index is 496. The Morgan fingerprint density at radius 3 is 2.21 bits per heavy atom. The second-order valence-electron chi connectivity index (χ2n) is 11.8. The fourth-order valence-corrected chi connectivity index (χ4v) is 6.01. The summed E-state index contributed by atoms with van der Waals surface area (Å²) in [6, 6.07) is 0. The van der Waals surface area contributed by atoms with E-state index in [0.29, 0.717) is 0 Å². The predicted molar refractivity (Wildman–Crippen MR) is 131 cm³/mol. The summed E-state index contributed by atoms with van der Waals surface area (Å²) in [6.07, 6.45) is 18.5. The van der Waals surface area contributed by atoms with Crippen molar-refractivity contribution >= 4 is 0 Å². The molecule has 0 amide bonds. The van der Waals surface area contributed by atoms with Crippen LogP contribution in [0.1, 0.15) is 126 Å². The summed E-state index contributed by atoms with van der Waals surface area (Å²) in [5.41, 5.74) is 2.33. The van der Waals surface area contributed by atoms with Gasteiger partial charge in [0.25, 0.3) is 0 Å². The number of allylic oxidation sites excluding steroid dienone is 2. The first kappa shape index (κ1) is 25.0. The van der Waals surface area contributed by atoms with Gasteiger partial charge in [-0.25, -0.2) is 0 Å². The van der Waals surface area contributed by atoms with Gasteiger partial charge in [0, 0.05) is 0 Å². The van der Waals surface area contributed by atoms with Gasteiger partial charge >= 0.3 is 0 Å². The van der Waals surface area contributed by atoms with E-state index in [4.69, 9.17) is 0 Å². The lowest BCUT2D eigenvalue weighted by molar-refractivity contribution is 0.180. The third-order valence-corrected chi connectivity index (χ3v) is 9.32. The Labute approximate surface area is 184 Å². The minimum Gasteiger partial charge on any atom is -0.0853 e. The van der Waals surface area contributed by atoms with Crippen LogP contribution < -0.4 is 0 Å². The normalized spacial score (nSPS) is 29.0. The van der Waals surface area contributed by atoms with E-state index in [1.165, 1.54) is 64.2 Å². The molecule has 0 heterocycles. The Morgan fingerprint density at radius 1 is 1.03 bits per heavy atom. The molecule has 0 bridgehead atoms. The molecule has 0 N–H and O–H groups in total. The van der Waals surface area contributed by atoms with E-state index >= 15 is 0 Å². The van der Waals surface area contributed by atoms with Crippen molar-refractivity contribution in [3.63, 3.8) is 0 Å². The molecule has 2 rings (SSSR count).